The number of anilines is 1. The lowest BCUT2D eigenvalue weighted by atomic mass is 10.3. The summed E-state index contributed by atoms with van der Waals surface area (Å²) in [7, 11) is 0. The summed E-state index contributed by atoms with van der Waals surface area (Å²) in [5.41, 5.74) is 2.35. The van der Waals surface area contributed by atoms with Gasteiger partial charge in [-0.3, -0.25) is 10.0 Å². The molecule has 0 radical (unpaired) electrons. The molecule has 0 unspecified atom stereocenters. The number of carbonyl (C=O) groups is 1. The molecule has 0 saturated carbocycles. The molecule has 13 heavy (non-hydrogen) atoms. The maximum atomic E-state index is 10.6. The SMILES string of the molecule is O=C(CNc1cccc(Br)c1)NO. The smallest absolute Gasteiger partial charge is 0.262 e. The zero-order chi connectivity index (χ0) is 9.68. The van der Waals surface area contributed by atoms with Crippen molar-refractivity contribution in [1.82, 2.24) is 5.48 Å². The Morgan fingerprint density at radius 3 is 2.92 bits per heavy atom. The molecule has 70 valence electrons. The summed E-state index contributed by atoms with van der Waals surface area (Å²) in [6.45, 7) is 0.0486. The number of nitrogens with one attached hydrogen (secondary N) is 2. The quantitative estimate of drug-likeness (QED) is 0.556. The first-order valence-corrected chi connectivity index (χ1v) is 4.44. The predicted molar refractivity (Wildman–Crippen MR) is 52.6 cm³/mol. The van der Waals surface area contributed by atoms with Gasteiger partial charge in [-0.2, -0.15) is 0 Å². The molecule has 0 bridgehead atoms. The second kappa shape index (κ2) is 4.84. The summed E-state index contributed by atoms with van der Waals surface area (Å²) in [4.78, 5) is 10.6. The fourth-order valence-corrected chi connectivity index (χ4v) is 1.22. The number of hydroxylamine groups is 1. The fraction of sp³-hybridized carbons (Fsp3) is 0.125. The van der Waals surface area contributed by atoms with E-state index in [0.717, 1.165) is 10.2 Å². The minimum Gasteiger partial charge on any atom is -0.376 e. The molecule has 0 fully saturated rings. The molecular formula is C8H9BrN2O2. The van der Waals surface area contributed by atoms with E-state index in [1.165, 1.54) is 5.48 Å². The molecular weight excluding hydrogens is 236 g/mol. The number of halogens is 1. The van der Waals surface area contributed by atoms with Gasteiger partial charge in [0.05, 0.1) is 6.54 Å². The summed E-state index contributed by atoms with van der Waals surface area (Å²) < 4.78 is 0.932. The number of carbonyl (C=O) groups excluding carboxylic acids is 1. The Morgan fingerprint density at radius 2 is 2.31 bits per heavy atom. The summed E-state index contributed by atoms with van der Waals surface area (Å²) >= 11 is 3.30. The lowest BCUT2D eigenvalue weighted by Gasteiger charge is -2.04. The number of rotatable bonds is 3. The molecule has 0 aliphatic carbocycles. The van der Waals surface area contributed by atoms with Crippen LogP contribution < -0.4 is 10.8 Å². The van der Waals surface area contributed by atoms with Gasteiger partial charge in [-0.15, -0.1) is 0 Å². The van der Waals surface area contributed by atoms with Gasteiger partial charge in [0, 0.05) is 10.2 Å². The standard InChI is InChI=1S/C8H9BrN2O2/c9-6-2-1-3-7(4-6)10-5-8(12)11-13/h1-4,10,13H,5H2,(H,11,12). The molecule has 0 atom stereocenters. The Balaban J connectivity index is 2.50. The maximum Gasteiger partial charge on any atom is 0.262 e. The van der Waals surface area contributed by atoms with Crippen LogP contribution in [0.4, 0.5) is 5.69 Å². The van der Waals surface area contributed by atoms with Gasteiger partial charge in [0.25, 0.3) is 5.91 Å². The Hall–Kier alpha value is -1.07. The van der Waals surface area contributed by atoms with Crippen LogP contribution in [0.25, 0.3) is 0 Å². The second-order valence-electron chi connectivity index (χ2n) is 2.40. The Labute approximate surface area is 84.0 Å². The van der Waals surface area contributed by atoms with Crippen molar-refractivity contribution in [2.45, 2.75) is 0 Å². The number of benzene rings is 1. The Kier molecular flexibility index (Phi) is 3.72. The van der Waals surface area contributed by atoms with Crippen LogP contribution in [0.3, 0.4) is 0 Å². The Morgan fingerprint density at radius 1 is 1.54 bits per heavy atom. The van der Waals surface area contributed by atoms with Crippen molar-refractivity contribution in [1.29, 1.82) is 0 Å². The van der Waals surface area contributed by atoms with E-state index < -0.39 is 5.91 Å². The molecule has 0 saturated heterocycles. The van der Waals surface area contributed by atoms with Crippen LogP contribution in [0, 0.1) is 0 Å². The largest absolute Gasteiger partial charge is 0.376 e. The van der Waals surface area contributed by atoms with E-state index in [-0.39, 0.29) is 6.54 Å². The van der Waals surface area contributed by atoms with E-state index in [9.17, 15) is 4.79 Å². The molecule has 1 rings (SSSR count). The monoisotopic (exact) mass is 244 g/mol. The molecule has 5 heteroatoms. The lowest BCUT2D eigenvalue weighted by Crippen LogP contribution is -2.26. The minimum atomic E-state index is -0.472. The van der Waals surface area contributed by atoms with E-state index >= 15 is 0 Å². The average Bonchev–Trinajstić information content (AvgIpc) is 2.14. The first kappa shape index (κ1) is 10.0. The second-order valence-corrected chi connectivity index (χ2v) is 3.31. The van der Waals surface area contributed by atoms with Gasteiger partial charge in [0.2, 0.25) is 0 Å². The zero-order valence-electron chi connectivity index (χ0n) is 6.75. The maximum absolute atomic E-state index is 10.6. The lowest BCUT2D eigenvalue weighted by molar-refractivity contribution is -0.127. The van der Waals surface area contributed by atoms with E-state index in [0.29, 0.717) is 0 Å². The molecule has 0 aliphatic heterocycles. The molecule has 1 amide bonds. The van der Waals surface area contributed by atoms with Crippen LogP contribution in [0.1, 0.15) is 0 Å². The van der Waals surface area contributed by atoms with E-state index in [1.54, 1.807) is 0 Å². The third-order valence-electron chi connectivity index (χ3n) is 1.40. The molecule has 1 aromatic carbocycles. The average molecular weight is 245 g/mol. The first-order valence-electron chi connectivity index (χ1n) is 3.65. The highest BCUT2D eigenvalue weighted by atomic mass is 79.9. The minimum absolute atomic E-state index is 0.0486. The number of amides is 1. The van der Waals surface area contributed by atoms with Crippen molar-refractivity contribution < 1.29 is 10.0 Å². The van der Waals surface area contributed by atoms with Gasteiger partial charge in [0.1, 0.15) is 0 Å². The van der Waals surface area contributed by atoms with Crippen LogP contribution >= 0.6 is 15.9 Å². The van der Waals surface area contributed by atoms with Gasteiger partial charge < -0.3 is 5.32 Å². The molecule has 4 nitrogen and oxygen atoms in total. The van der Waals surface area contributed by atoms with Crippen molar-refractivity contribution in [3.8, 4) is 0 Å². The van der Waals surface area contributed by atoms with E-state index in [4.69, 9.17) is 5.21 Å². The van der Waals surface area contributed by atoms with E-state index in [1.807, 2.05) is 24.3 Å². The number of hydrogen-bond acceptors (Lipinski definition) is 3. The Bertz CT molecular complexity index is 304. The molecule has 0 aliphatic rings. The molecule has 0 spiro atoms. The van der Waals surface area contributed by atoms with Gasteiger partial charge in [0.15, 0.2) is 0 Å². The van der Waals surface area contributed by atoms with Gasteiger partial charge in [-0.25, -0.2) is 5.48 Å². The summed E-state index contributed by atoms with van der Waals surface area (Å²) in [5.74, 6) is -0.472. The van der Waals surface area contributed by atoms with Crippen molar-refractivity contribution >= 4 is 27.5 Å². The summed E-state index contributed by atoms with van der Waals surface area (Å²) in [6.07, 6.45) is 0. The first-order chi connectivity index (χ1) is 6.22. The van der Waals surface area contributed by atoms with Crippen molar-refractivity contribution in [3.63, 3.8) is 0 Å². The van der Waals surface area contributed by atoms with Gasteiger partial charge in [-0.05, 0) is 18.2 Å². The van der Waals surface area contributed by atoms with Gasteiger partial charge in [-0.1, -0.05) is 22.0 Å². The molecule has 3 N–H and O–H groups in total. The zero-order valence-corrected chi connectivity index (χ0v) is 8.34. The van der Waals surface area contributed by atoms with Crippen LogP contribution in [-0.4, -0.2) is 17.7 Å². The fourth-order valence-electron chi connectivity index (χ4n) is 0.820. The van der Waals surface area contributed by atoms with Crippen molar-refractivity contribution in [2.24, 2.45) is 0 Å². The molecule has 1 aromatic rings. The van der Waals surface area contributed by atoms with Crippen LogP contribution in [0.2, 0.25) is 0 Å². The van der Waals surface area contributed by atoms with Crippen LogP contribution in [-0.2, 0) is 4.79 Å². The molecule has 0 heterocycles. The topological polar surface area (TPSA) is 61.4 Å². The van der Waals surface area contributed by atoms with Crippen LogP contribution in [0.15, 0.2) is 28.7 Å². The highest BCUT2D eigenvalue weighted by Gasteiger charge is 1.98. The molecule has 0 aromatic heterocycles. The highest BCUT2D eigenvalue weighted by Crippen LogP contribution is 2.14. The van der Waals surface area contributed by atoms with Crippen molar-refractivity contribution in [3.05, 3.63) is 28.7 Å². The summed E-state index contributed by atoms with van der Waals surface area (Å²) in [5, 5.41) is 11.1. The third kappa shape index (κ3) is 3.43. The number of hydrogen-bond donors (Lipinski definition) is 3. The summed E-state index contributed by atoms with van der Waals surface area (Å²) in [6, 6.07) is 7.40. The van der Waals surface area contributed by atoms with Crippen LogP contribution in [0.5, 0.6) is 0 Å². The van der Waals surface area contributed by atoms with Crippen molar-refractivity contribution in [2.75, 3.05) is 11.9 Å². The highest BCUT2D eigenvalue weighted by molar-refractivity contribution is 9.10. The predicted octanol–water partition coefficient (Wildman–Crippen LogP) is 1.37. The normalized spacial score (nSPS) is 9.38. The van der Waals surface area contributed by atoms with Gasteiger partial charge >= 0.3 is 0 Å². The van der Waals surface area contributed by atoms with E-state index in [2.05, 4.69) is 21.2 Å². The third-order valence-corrected chi connectivity index (χ3v) is 1.90.